The molecule has 8 aromatic carbocycles. The summed E-state index contributed by atoms with van der Waals surface area (Å²) in [5.41, 5.74) is 13.4. The van der Waals surface area contributed by atoms with Crippen LogP contribution in [0.3, 0.4) is 0 Å². The standard InChI is InChI=1S/C60H40N8/c1-3-19-54-46(4-2)61-60-64(55-32-17-18-33-56(55)68(54)60)38-34-35-53-45(36-38)43-24-9-11-26-47(43)65(53)52-31-16-10-25-44(52)59-62-57(66-48-27-12-5-20-39(48)40-21-6-13-28-49(40)66)37-58(63-59)67-50-29-14-7-22-41(50)42-23-8-15-30-51(42)67/h3-37H,2H2,1H3/b19-3-. The van der Waals surface area contributed by atoms with Gasteiger partial charge in [-0.1, -0.05) is 128 Å². The van der Waals surface area contributed by atoms with Crippen LogP contribution in [0.25, 0.3) is 129 Å². The molecule has 0 fully saturated rings. The Hall–Kier alpha value is -9.27. The summed E-state index contributed by atoms with van der Waals surface area (Å²) in [5.74, 6) is 3.02. The second-order valence-corrected chi connectivity index (χ2v) is 17.3. The number of para-hydroxylation sites is 8. The van der Waals surface area contributed by atoms with E-state index < -0.39 is 0 Å². The first-order valence-electron chi connectivity index (χ1n) is 22.9. The number of hydrogen-bond donors (Lipinski definition) is 0. The zero-order valence-electron chi connectivity index (χ0n) is 37.0. The van der Waals surface area contributed by atoms with Crippen LogP contribution in [0, 0.1) is 0 Å². The molecule has 0 bridgehead atoms. The average molecular weight is 873 g/mol. The van der Waals surface area contributed by atoms with Crippen molar-refractivity contribution in [1.82, 2.24) is 37.6 Å². The number of allylic oxidation sites excluding steroid dienone is 1. The van der Waals surface area contributed by atoms with Gasteiger partial charge in [-0.3, -0.25) is 18.1 Å². The summed E-state index contributed by atoms with van der Waals surface area (Å²) in [4.78, 5) is 16.3. The van der Waals surface area contributed by atoms with E-state index >= 15 is 0 Å². The van der Waals surface area contributed by atoms with Gasteiger partial charge in [-0.2, -0.15) is 0 Å². The fraction of sp³-hybridized carbons (Fsp3) is 0.0167. The highest BCUT2D eigenvalue weighted by Crippen LogP contribution is 2.40. The fourth-order valence-electron chi connectivity index (χ4n) is 10.8. The molecule has 8 nitrogen and oxygen atoms in total. The minimum atomic E-state index is 0.620. The second-order valence-electron chi connectivity index (χ2n) is 17.3. The van der Waals surface area contributed by atoms with E-state index in [1.807, 2.05) is 13.0 Å². The van der Waals surface area contributed by atoms with Gasteiger partial charge in [-0.05, 0) is 91.9 Å². The van der Waals surface area contributed by atoms with Crippen molar-refractivity contribution in [2.45, 2.75) is 6.92 Å². The predicted molar refractivity (Wildman–Crippen MR) is 281 cm³/mol. The van der Waals surface area contributed by atoms with Crippen molar-refractivity contribution in [2.24, 2.45) is 0 Å². The third kappa shape index (κ3) is 5.34. The molecule has 68 heavy (non-hydrogen) atoms. The van der Waals surface area contributed by atoms with Crippen LogP contribution in [-0.2, 0) is 0 Å². The molecular formula is C60H40N8. The van der Waals surface area contributed by atoms with Crippen LogP contribution in [-0.4, -0.2) is 37.6 Å². The normalized spacial score (nSPS) is 12.2. The van der Waals surface area contributed by atoms with Gasteiger partial charge >= 0.3 is 0 Å². The summed E-state index contributed by atoms with van der Waals surface area (Å²) in [6.45, 7) is 6.15. The van der Waals surface area contributed by atoms with E-state index in [4.69, 9.17) is 15.0 Å². The molecule has 14 rings (SSSR count). The van der Waals surface area contributed by atoms with Crippen molar-refractivity contribution in [1.29, 1.82) is 0 Å². The van der Waals surface area contributed by atoms with E-state index in [1.165, 1.54) is 21.5 Å². The predicted octanol–water partition coefficient (Wildman–Crippen LogP) is 14.7. The molecule has 0 aliphatic heterocycles. The number of benzene rings is 8. The van der Waals surface area contributed by atoms with Crippen LogP contribution in [0.15, 0.2) is 207 Å². The topological polar surface area (TPSA) is 62.8 Å². The van der Waals surface area contributed by atoms with Gasteiger partial charge in [-0.15, -0.1) is 0 Å². The van der Waals surface area contributed by atoms with Crippen molar-refractivity contribution >= 4 is 94.4 Å². The van der Waals surface area contributed by atoms with Gasteiger partial charge in [0.1, 0.15) is 11.6 Å². The van der Waals surface area contributed by atoms with E-state index in [9.17, 15) is 0 Å². The van der Waals surface area contributed by atoms with E-state index in [0.717, 1.165) is 101 Å². The van der Waals surface area contributed by atoms with Crippen molar-refractivity contribution in [3.8, 4) is 34.4 Å². The minimum absolute atomic E-state index is 0.620. The second kappa shape index (κ2) is 14.6. The summed E-state index contributed by atoms with van der Waals surface area (Å²) >= 11 is 0. The number of fused-ring (bicyclic) bond motifs is 12. The Morgan fingerprint density at radius 2 is 0.868 bits per heavy atom. The number of nitrogens with zero attached hydrogens (tertiary/aromatic N) is 8. The van der Waals surface area contributed by atoms with Gasteiger partial charge in [0.25, 0.3) is 0 Å². The van der Waals surface area contributed by atoms with Crippen LogP contribution in [0.2, 0.25) is 0 Å². The quantitative estimate of drug-likeness (QED) is 0.160. The first-order valence-corrected chi connectivity index (χ1v) is 22.9. The molecule has 6 heterocycles. The molecule has 14 aromatic rings. The summed E-state index contributed by atoms with van der Waals surface area (Å²) in [6, 6.07) is 69.0. The third-order valence-electron chi connectivity index (χ3n) is 13.6. The number of aromatic nitrogens is 8. The summed E-state index contributed by atoms with van der Waals surface area (Å²) in [7, 11) is 0. The Kier molecular flexibility index (Phi) is 8.18. The Morgan fingerprint density at radius 1 is 0.412 bits per heavy atom. The lowest BCUT2D eigenvalue weighted by atomic mass is 10.1. The molecule has 0 unspecified atom stereocenters. The molecule has 0 radical (unpaired) electrons. The molecule has 0 saturated heterocycles. The molecule has 8 heteroatoms. The maximum absolute atomic E-state index is 5.58. The first kappa shape index (κ1) is 38.0. The monoisotopic (exact) mass is 872 g/mol. The van der Waals surface area contributed by atoms with Gasteiger partial charge < -0.3 is 4.57 Å². The SMILES string of the molecule is C=Cc1nc2n(-c3ccc4c(c3)c3ccccc3n4-c3ccccc3-c3nc(-n4c5ccccc5c5ccccc54)cc(-n4c5ccccc5c5ccccc54)n3)c3ccccc3n2c1/C=C\C. The van der Waals surface area contributed by atoms with Gasteiger partial charge in [0, 0.05) is 49.6 Å². The van der Waals surface area contributed by atoms with E-state index in [1.54, 1.807) is 0 Å². The average Bonchev–Trinajstić information content (AvgIpc) is 4.19. The molecule has 6 aromatic heterocycles. The van der Waals surface area contributed by atoms with Crippen molar-refractivity contribution < 1.29 is 0 Å². The van der Waals surface area contributed by atoms with E-state index in [2.05, 4.69) is 236 Å². The first-order chi connectivity index (χ1) is 33.7. The van der Waals surface area contributed by atoms with Crippen LogP contribution < -0.4 is 0 Å². The van der Waals surface area contributed by atoms with Crippen LogP contribution in [0.1, 0.15) is 18.3 Å². The zero-order chi connectivity index (χ0) is 45.0. The van der Waals surface area contributed by atoms with Crippen LogP contribution in [0.4, 0.5) is 0 Å². The van der Waals surface area contributed by atoms with Crippen LogP contribution >= 0.6 is 0 Å². The highest BCUT2D eigenvalue weighted by Gasteiger charge is 2.24. The highest BCUT2D eigenvalue weighted by atomic mass is 15.2. The number of rotatable bonds is 7. The zero-order valence-corrected chi connectivity index (χ0v) is 37.0. The molecular weight excluding hydrogens is 833 g/mol. The molecule has 320 valence electrons. The third-order valence-corrected chi connectivity index (χ3v) is 13.6. The van der Waals surface area contributed by atoms with Crippen LogP contribution in [0.5, 0.6) is 0 Å². The van der Waals surface area contributed by atoms with Gasteiger partial charge in [-0.25, -0.2) is 15.0 Å². The smallest absolute Gasteiger partial charge is 0.220 e. The Balaban J connectivity index is 1.03. The van der Waals surface area contributed by atoms with E-state index in [0.29, 0.717) is 5.82 Å². The number of imidazole rings is 2. The summed E-state index contributed by atoms with van der Waals surface area (Å²) < 4.78 is 11.5. The highest BCUT2D eigenvalue weighted by molar-refractivity contribution is 6.12. The Bertz CT molecular complexity index is 4190. The van der Waals surface area contributed by atoms with Gasteiger partial charge in [0.15, 0.2) is 5.82 Å². The molecule has 0 N–H and O–H groups in total. The maximum atomic E-state index is 5.58. The number of hydrogen-bond acceptors (Lipinski definition) is 3. The lowest BCUT2D eigenvalue weighted by Crippen LogP contribution is -2.07. The van der Waals surface area contributed by atoms with E-state index in [-0.39, 0.29) is 0 Å². The van der Waals surface area contributed by atoms with Crippen molar-refractivity contribution in [2.75, 3.05) is 0 Å². The minimum Gasteiger partial charge on any atom is -0.308 e. The molecule has 0 atom stereocenters. The van der Waals surface area contributed by atoms with Crippen molar-refractivity contribution in [3.05, 3.63) is 218 Å². The lowest BCUT2D eigenvalue weighted by molar-refractivity contribution is 0.991. The molecule has 0 aliphatic carbocycles. The molecule has 0 aliphatic rings. The summed E-state index contributed by atoms with van der Waals surface area (Å²) in [5, 5.41) is 6.96. The fourth-order valence-corrected chi connectivity index (χ4v) is 10.8. The molecule has 0 amide bonds. The van der Waals surface area contributed by atoms with Gasteiger partial charge in [0.2, 0.25) is 5.78 Å². The maximum Gasteiger partial charge on any atom is 0.220 e. The van der Waals surface area contributed by atoms with Gasteiger partial charge in [0.05, 0.1) is 61.2 Å². The molecule has 0 saturated carbocycles. The lowest BCUT2D eigenvalue weighted by Gasteiger charge is -2.17. The Labute approximate surface area is 389 Å². The Morgan fingerprint density at radius 3 is 1.41 bits per heavy atom. The van der Waals surface area contributed by atoms with Crippen molar-refractivity contribution in [3.63, 3.8) is 0 Å². The largest absolute Gasteiger partial charge is 0.308 e. The summed E-state index contributed by atoms with van der Waals surface area (Å²) in [6.07, 6.45) is 6.00. The molecule has 0 spiro atoms.